The van der Waals surface area contributed by atoms with Crippen molar-refractivity contribution in [1.29, 1.82) is 0 Å². The number of benzene rings is 2. The predicted molar refractivity (Wildman–Crippen MR) is 106 cm³/mol. The lowest BCUT2D eigenvalue weighted by Crippen LogP contribution is -2.43. The van der Waals surface area contributed by atoms with Gasteiger partial charge in [0.25, 0.3) is 0 Å². The Morgan fingerprint density at radius 1 is 1.04 bits per heavy atom. The fourth-order valence-electron chi connectivity index (χ4n) is 3.32. The van der Waals surface area contributed by atoms with E-state index in [0.29, 0.717) is 5.02 Å². The number of likely N-dealkylation sites (N-methyl/N-ethyl adjacent to an activating group) is 1. The van der Waals surface area contributed by atoms with Gasteiger partial charge < -0.3 is 14.5 Å². The molecule has 0 spiro atoms. The van der Waals surface area contributed by atoms with Crippen molar-refractivity contribution in [2.24, 2.45) is 0 Å². The molecule has 2 aromatic rings. The Morgan fingerprint density at radius 3 is 2.56 bits per heavy atom. The van der Waals surface area contributed by atoms with Crippen molar-refractivity contribution in [3.05, 3.63) is 52.5 Å². The number of piperazine rings is 1. The average molecular weight is 373 g/mol. The number of hydrogen-bond donors (Lipinski definition) is 0. The average Bonchev–Trinajstić information content (AvgIpc) is 2.78. The first-order valence-corrected chi connectivity index (χ1v) is 9.65. The maximum atomic E-state index is 6.47. The Bertz CT molecular complexity index is 828. The molecule has 0 atom stereocenters. The second kappa shape index (κ2) is 6.94. The smallest absolute Gasteiger partial charge is 0.138 e. The number of rotatable bonds is 2. The first-order valence-electron chi connectivity index (χ1n) is 8.45. The molecular formula is C20H21ClN2OS. The number of halogens is 1. The van der Waals surface area contributed by atoms with E-state index in [4.69, 9.17) is 16.3 Å². The van der Waals surface area contributed by atoms with Crippen molar-refractivity contribution in [1.82, 2.24) is 9.80 Å². The van der Waals surface area contributed by atoms with Crippen LogP contribution in [-0.2, 0) is 0 Å². The summed E-state index contributed by atoms with van der Waals surface area (Å²) in [5.74, 6) is 0.727. The molecule has 5 heteroatoms. The third kappa shape index (κ3) is 3.26. The van der Waals surface area contributed by atoms with Crippen LogP contribution in [0.1, 0.15) is 11.1 Å². The Balaban J connectivity index is 1.86. The zero-order valence-electron chi connectivity index (χ0n) is 14.5. The Morgan fingerprint density at radius 2 is 1.80 bits per heavy atom. The summed E-state index contributed by atoms with van der Waals surface area (Å²) in [6.45, 7) is 4.20. The summed E-state index contributed by atoms with van der Waals surface area (Å²) in [5, 5.41) is 0.660. The van der Waals surface area contributed by atoms with Gasteiger partial charge in [0.05, 0.1) is 12.1 Å². The standard InChI is InChI=1S/C20H21ClN2OS/c1-22-7-9-23(10-8-22)17-11-14-5-3-4-6-19(14)25-20-13-18(24-2)16(21)12-15(17)20/h3-6,11-13H,7-10H2,1-2H3. The van der Waals surface area contributed by atoms with Crippen molar-refractivity contribution in [3.63, 3.8) is 0 Å². The van der Waals surface area contributed by atoms with Gasteiger partial charge >= 0.3 is 0 Å². The first kappa shape index (κ1) is 16.8. The van der Waals surface area contributed by atoms with Gasteiger partial charge in [-0.05, 0) is 36.9 Å². The summed E-state index contributed by atoms with van der Waals surface area (Å²) < 4.78 is 5.45. The normalized spacial score (nSPS) is 17.4. The molecule has 2 aromatic carbocycles. The van der Waals surface area contributed by atoms with Gasteiger partial charge in [0.2, 0.25) is 0 Å². The molecule has 4 rings (SSSR count). The summed E-state index contributed by atoms with van der Waals surface area (Å²) in [7, 11) is 3.85. The lowest BCUT2D eigenvalue weighted by molar-refractivity contribution is 0.207. The molecule has 0 aromatic heterocycles. The summed E-state index contributed by atoms with van der Waals surface area (Å²) in [5.41, 5.74) is 3.70. The van der Waals surface area contributed by atoms with Crippen LogP contribution in [0, 0.1) is 0 Å². The predicted octanol–water partition coefficient (Wildman–Crippen LogP) is 4.56. The van der Waals surface area contributed by atoms with Crippen LogP contribution < -0.4 is 4.74 Å². The van der Waals surface area contributed by atoms with Gasteiger partial charge in [0.1, 0.15) is 5.75 Å². The molecule has 130 valence electrons. The second-order valence-electron chi connectivity index (χ2n) is 6.44. The topological polar surface area (TPSA) is 15.7 Å². The molecular weight excluding hydrogens is 352 g/mol. The molecule has 2 aliphatic heterocycles. The molecule has 0 unspecified atom stereocenters. The van der Waals surface area contributed by atoms with Crippen LogP contribution in [0.25, 0.3) is 11.8 Å². The van der Waals surface area contributed by atoms with E-state index < -0.39 is 0 Å². The number of methoxy groups -OCH3 is 1. The van der Waals surface area contributed by atoms with E-state index >= 15 is 0 Å². The monoisotopic (exact) mass is 372 g/mol. The number of hydrogen-bond acceptors (Lipinski definition) is 4. The minimum atomic E-state index is 0.660. The SMILES string of the molecule is COc1cc2c(cc1Cl)C(N1CCN(C)CC1)=Cc1ccccc1S2. The highest BCUT2D eigenvalue weighted by molar-refractivity contribution is 7.99. The summed E-state index contributed by atoms with van der Waals surface area (Å²) in [6.07, 6.45) is 2.31. The van der Waals surface area contributed by atoms with Gasteiger partial charge in [-0.3, -0.25) is 0 Å². The van der Waals surface area contributed by atoms with Crippen LogP contribution in [0.2, 0.25) is 5.02 Å². The molecule has 0 aliphatic carbocycles. The van der Waals surface area contributed by atoms with Crippen LogP contribution in [0.4, 0.5) is 0 Å². The van der Waals surface area contributed by atoms with Crippen molar-refractivity contribution in [3.8, 4) is 5.75 Å². The highest BCUT2D eigenvalue weighted by atomic mass is 35.5. The minimum Gasteiger partial charge on any atom is -0.495 e. The minimum absolute atomic E-state index is 0.660. The van der Waals surface area contributed by atoms with Crippen molar-refractivity contribution >= 4 is 35.1 Å². The van der Waals surface area contributed by atoms with Crippen molar-refractivity contribution < 1.29 is 4.74 Å². The third-order valence-corrected chi connectivity index (χ3v) is 6.25. The van der Waals surface area contributed by atoms with Gasteiger partial charge in [0.15, 0.2) is 0 Å². The van der Waals surface area contributed by atoms with E-state index in [0.717, 1.165) is 31.9 Å². The molecule has 0 N–H and O–H groups in total. The quantitative estimate of drug-likeness (QED) is 0.767. The molecule has 0 bridgehead atoms. The summed E-state index contributed by atoms with van der Waals surface area (Å²) >= 11 is 8.25. The number of nitrogens with zero attached hydrogens (tertiary/aromatic N) is 2. The zero-order chi connectivity index (χ0) is 17.4. The van der Waals surface area contributed by atoms with E-state index in [1.165, 1.54) is 26.6 Å². The summed E-state index contributed by atoms with van der Waals surface area (Å²) in [6, 6.07) is 12.7. The second-order valence-corrected chi connectivity index (χ2v) is 7.93. The zero-order valence-corrected chi connectivity index (χ0v) is 16.0. The van der Waals surface area contributed by atoms with Crippen LogP contribution in [0.15, 0.2) is 46.2 Å². The molecule has 2 aliphatic rings. The van der Waals surface area contributed by atoms with E-state index in [1.54, 1.807) is 18.9 Å². The molecule has 0 saturated carbocycles. The Kier molecular flexibility index (Phi) is 4.67. The van der Waals surface area contributed by atoms with E-state index in [1.807, 2.05) is 0 Å². The largest absolute Gasteiger partial charge is 0.495 e. The molecule has 25 heavy (non-hydrogen) atoms. The molecule has 1 fully saturated rings. The third-order valence-electron chi connectivity index (χ3n) is 4.81. The fourth-order valence-corrected chi connectivity index (χ4v) is 4.63. The lowest BCUT2D eigenvalue weighted by atomic mass is 10.1. The highest BCUT2D eigenvalue weighted by Gasteiger charge is 2.24. The maximum Gasteiger partial charge on any atom is 0.138 e. The van der Waals surface area contributed by atoms with Gasteiger partial charge in [0, 0.05) is 47.2 Å². The van der Waals surface area contributed by atoms with Crippen LogP contribution in [0.3, 0.4) is 0 Å². The van der Waals surface area contributed by atoms with Crippen LogP contribution in [0.5, 0.6) is 5.75 Å². The van der Waals surface area contributed by atoms with Gasteiger partial charge in [-0.15, -0.1) is 0 Å². The highest BCUT2D eigenvalue weighted by Crippen LogP contribution is 2.45. The molecule has 2 heterocycles. The van der Waals surface area contributed by atoms with E-state index in [9.17, 15) is 0 Å². The maximum absolute atomic E-state index is 6.47. The van der Waals surface area contributed by atoms with Gasteiger partial charge in [-0.25, -0.2) is 0 Å². The van der Waals surface area contributed by atoms with Crippen LogP contribution >= 0.6 is 23.4 Å². The molecule has 0 amide bonds. The number of fused-ring (bicyclic) bond motifs is 2. The van der Waals surface area contributed by atoms with Crippen molar-refractivity contribution in [2.45, 2.75) is 9.79 Å². The first-order chi connectivity index (χ1) is 12.2. The lowest BCUT2D eigenvalue weighted by Gasteiger charge is -2.36. The summed E-state index contributed by atoms with van der Waals surface area (Å²) in [4.78, 5) is 7.30. The van der Waals surface area contributed by atoms with Crippen molar-refractivity contribution in [2.75, 3.05) is 40.3 Å². The van der Waals surface area contributed by atoms with Gasteiger partial charge in [-0.2, -0.15) is 0 Å². The van der Waals surface area contributed by atoms with Crippen LogP contribution in [-0.4, -0.2) is 50.1 Å². The van der Waals surface area contributed by atoms with Gasteiger partial charge in [-0.1, -0.05) is 41.6 Å². The molecule has 1 saturated heterocycles. The number of ether oxygens (including phenoxy) is 1. The molecule has 3 nitrogen and oxygen atoms in total. The Hall–Kier alpha value is -1.62. The fraction of sp³-hybridized carbons (Fsp3) is 0.300. The van der Waals surface area contributed by atoms with E-state index in [2.05, 4.69) is 59.3 Å². The molecule has 0 radical (unpaired) electrons. The van der Waals surface area contributed by atoms with E-state index in [-0.39, 0.29) is 0 Å². The Labute approximate surface area is 158 Å².